The molecule has 0 N–H and O–H groups in total. The minimum absolute atomic E-state index is 0.269. The molecule has 1 unspecified atom stereocenters. The van der Waals surface area contributed by atoms with Crippen LogP contribution in [-0.2, 0) is 9.53 Å². The fraction of sp³-hybridized carbons (Fsp3) is 0.357. The minimum Gasteiger partial charge on any atom is -0.446 e. The molecule has 1 aliphatic carbocycles. The Morgan fingerprint density at radius 3 is 2.33 bits per heavy atom. The normalized spacial score (nSPS) is 18.1. The van der Waals surface area contributed by atoms with Gasteiger partial charge in [-0.3, -0.25) is 14.4 Å². The van der Waals surface area contributed by atoms with Crippen molar-refractivity contribution in [1.29, 1.82) is 0 Å². The van der Waals surface area contributed by atoms with Crippen molar-refractivity contribution < 1.29 is 19.1 Å². The molecule has 0 aliphatic heterocycles. The SMILES string of the molecule is CC(=O)OC1C(=O)c2ccc(C(C)C)cc2C1=O. The zero-order valence-corrected chi connectivity index (χ0v) is 10.5. The molecule has 0 radical (unpaired) electrons. The summed E-state index contributed by atoms with van der Waals surface area (Å²) in [7, 11) is 0. The van der Waals surface area contributed by atoms with E-state index in [4.69, 9.17) is 4.74 Å². The highest BCUT2D eigenvalue weighted by atomic mass is 16.5. The quantitative estimate of drug-likeness (QED) is 0.592. The number of fused-ring (bicyclic) bond motifs is 1. The monoisotopic (exact) mass is 246 g/mol. The van der Waals surface area contributed by atoms with Crippen molar-refractivity contribution in [3.63, 3.8) is 0 Å². The third-order valence-corrected chi connectivity index (χ3v) is 3.00. The van der Waals surface area contributed by atoms with Crippen LogP contribution < -0.4 is 0 Å². The highest BCUT2D eigenvalue weighted by Gasteiger charge is 2.41. The van der Waals surface area contributed by atoms with Crippen LogP contribution in [0.4, 0.5) is 0 Å². The minimum atomic E-state index is -1.29. The van der Waals surface area contributed by atoms with Gasteiger partial charge in [0.2, 0.25) is 17.7 Å². The Balaban J connectivity index is 2.42. The highest BCUT2D eigenvalue weighted by molar-refractivity contribution is 6.29. The van der Waals surface area contributed by atoms with Crippen molar-refractivity contribution >= 4 is 17.5 Å². The van der Waals surface area contributed by atoms with Crippen LogP contribution in [-0.4, -0.2) is 23.6 Å². The lowest BCUT2D eigenvalue weighted by molar-refractivity contribution is -0.142. The summed E-state index contributed by atoms with van der Waals surface area (Å²) in [5.41, 5.74) is 1.69. The molecule has 4 heteroatoms. The fourth-order valence-electron chi connectivity index (χ4n) is 2.01. The van der Waals surface area contributed by atoms with Gasteiger partial charge in [0.1, 0.15) is 0 Å². The van der Waals surface area contributed by atoms with Crippen molar-refractivity contribution in [3.8, 4) is 0 Å². The van der Waals surface area contributed by atoms with E-state index in [2.05, 4.69) is 0 Å². The van der Waals surface area contributed by atoms with Gasteiger partial charge in [-0.2, -0.15) is 0 Å². The van der Waals surface area contributed by atoms with E-state index >= 15 is 0 Å². The Morgan fingerprint density at radius 1 is 1.17 bits per heavy atom. The number of Topliss-reactive ketones (excluding diaryl/α,β-unsaturated/α-hetero) is 2. The number of esters is 1. The van der Waals surface area contributed by atoms with Crippen LogP contribution in [0.3, 0.4) is 0 Å². The van der Waals surface area contributed by atoms with E-state index < -0.39 is 23.6 Å². The molecule has 0 bridgehead atoms. The van der Waals surface area contributed by atoms with Gasteiger partial charge in [-0.25, -0.2) is 0 Å². The number of carbonyl (C=O) groups excluding carboxylic acids is 3. The Morgan fingerprint density at radius 2 is 1.78 bits per heavy atom. The zero-order chi connectivity index (χ0) is 13.4. The number of benzene rings is 1. The van der Waals surface area contributed by atoms with E-state index in [9.17, 15) is 14.4 Å². The Bertz CT molecular complexity index is 543. The molecule has 1 aliphatic rings. The second-order valence-electron chi connectivity index (χ2n) is 4.68. The van der Waals surface area contributed by atoms with Gasteiger partial charge in [-0.1, -0.05) is 26.0 Å². The smallest absolute Gasteiger partial charge is 0.303 e. The lowest BCUT2D eigenvalue weighted by atomic mass is 9.98. The van der Waals surface area contributed by atoms with Gasteiger partial charge in [0, 0.05) is 18.1 Å². The van der Waals surface area contributed by atoms with Gasteiger partial charge < -0.3 is 4.74 Å². The molecule has 0 fully saturated rings. The number of ketones is 2. The number of hydrogen-bond acceptors (Lipinski definition) is 4. The molecule has 1 atom stereocenters. The fourth-order valence-corrected chi connectivity index (χ4v) is 2.01. The standard InChI is InChI=1S/C14H14O4/c1-7(2)9-4-5-10-11(6-9)13(17)14(12(10)16)18-8(3)15/h4-7,14H,1-3H3. The summed E-state index contributed by atoms with van der Waals surface area (Å²) in [5, 5.41) is 0. The first-order chi connectivity index (χ1) is 8.41. The predicted molar refractivity (Wildman–Crippen MR) is 64.7 cm³/mol. The number of ether oxygens (including phenoxy) is 1. The van der Waals surface area contributed by atoms with E-state index in [-0.39, 0.29) is 5.92 Å². The van der Waals surface area contributed by atoms with Crippen LogP contribution in [0.5, 0.6) is 0 Å². The average molecular weight is 246 g/mol. The molecule has 0 aromatic heterocycles. The largest absolute Gasteiger partial charge is 0.446 e. The number of carbonyl (C=O) groups is 3. The summed E-state index contributed by atoms with van der Waals surface area (Å²) in [6.45, 7) is 5.20. The maximum absolute atomic E-state index is 12.0. The van der Waals surface area contributed by atoms with Crippen molar-refractivity contribution in [2.45, 2.75) is 32.8 Å². The molecular weight excluding hydrogens is 232 g/mol. The first kappa shape index (κ1) is 12.5. The Labute approximate surface area is 105 Å². The van der Waals surface area contributed by atoms with Crippen LogP contribution in [0.2, 0.25) is 0 Å². The van der Waals surface area contributed by atoms with Crippen LogP contribution in [0.15, 0.2) is 18.2 Å². The molecule has 0 amide bonds. The molecule has 0 saturated heterocycles. The summed E-state index contributed by atoms with van der Waals surface area (Å²) in [5.74, 6) is -1.21. The summed E-state index contributed by atoms with van der Waals surface area (Å²) >= 11 is 0. The van der Waals surface area contributed by atoms with E-state index in [0.717, 1.165) is 5.56 Å². The molecule has 1 aromatic rings. The topological polar surface area (TPSA) is 60.4 Å². The van der Waals surface area contributed by atoms with Gasteiger partial charge in [-0.05, 0) is 17.5 Å². The molecule has 4 nitrogen and oxygen atoms in total. The predicted octanol–water partition coefficient (Wildman–Crippen LogP) is 2.12. The third-order valence-electron chi connectivity index (χ3n) is 3.00. The van der Waals surface area contributed by atoms with Crippen LogP contribution >= 0.6 is 0 Å². The third kappa shape index (κ3) is 1.94. The summed E-state index contributed by atoms with van der Waals surface area (Å²) < 4.78 is 4.78. The molecule has 1 aromatic carbocycles. The zero-order valence-electron chi connectivity index (χ0n) is 10.5. The number of rotatable bonds is 2. The molecule has 0 saturated carbocycles. The summed E-state index contributed by atoms with van der Waals surface area (Å²) in [6, 6.07) is 5.17. The van der Waals surface area contributed by atoms with Crippen LogP contribution in [0.25, 0.3) is 0 Å². The average Bonchev–Trinajstić information content (AvgIpc) is 2.53. The Kier molecular flexibility index (Phi) is 3.03. The van der Waals surface area contributed by atoms with E-state index in [1.165, 1.54) is 6.92 Å². The van der Waals surface area contributed by atoms with Crippen molar-refractivity contribution in [2.24, 2.45) is 0 Å². The lowest BCUT2D eigenvalue weighted by Gasteiger charge is -2.06. The van der Waals surface area contributed by atoms with Gasteiger partial charge >= 0.3 is 5.97 Å². The van der Waals surface area contributed by atoms with Gasteiger partial charge in [0.25, 0.3) is 0 Å². The molecule has 2 rings (SSSR count). The van der Waals surface area contributed by atoms with Gasteiger partial charge in [-0.15, -0.1) is 0 Å². The van der Waals surface area contributed by atoms with Crippen LogP contribution in [0, 0.1) is 0 Å². The van der Waals surface area contributed by atoms with Crippen molar-refractivity contribution in [1.82, 2.24) is 0 Å². The molecule has 18 heavy (non-hydrogen) atoms. The maximum Gasteiger partial charge on any atom is 0.303 e. The molecule has 0 heterocycles. The van der Waals surface area contributed by atoms with Crippen LogP contribution in [0.1, 0.15) is 53.0 Å². The first-order valence-corrected chi connectivity index (χ1v) is 5.81. The number of hydrogen-bond donors (Lipinski definition) is 0. The Hall–Kier alpha value is -1.97. The van der Waals surface area contributed by atoms with Crippen molar-refractivity contribution in [2.75, 3.05) is 0 Å². The molecule has 0 spiro atoms. The van der Waals surface area contributed by atoms with Gasteiger partial charge in [0.05, 0.1) is 0 Å². The maximum atomic E-state index is 12.0. The van der Waals surface area contributed by atoms with Gasteiger partial charge in [0.15, 0.2) is 0 Å². The molecular formula is C14H14O4. The second kappa shape index (κ2) is 4.37. The highest BCUT2D eigenvalue weighted by Crippen LogP contribution is 2.27. The van der Waals surface area contributed by atoms with E-state index in [1.807, 2.05) is 19.9 Å². The summed E-state index contributed by atoms with van der Waals surface area (Å²) in [6.07, 6.45) is -1.29. The summed E-state index contributed by atoms with van der Waals surface area (Å²) in [4.78, 5) is 34.8. The first-order valence-electron chi connectivity index (χ1n) is 5.81. The van der Waals surface area contributed by atoms with E-state index in [0.29, 0.717) is 11.1 Å². The lowest BCUT2D eigenvalue weighted by Crippen LogP contribution is -2.27. The second-order valence-corrected chi connectivity index (χ2v) is 4.68. The van der Waals surface area contributed by atoms with E-state index in [1.54, 1.807) is 12.1 Å². The molecule has 94 valence electrons. The van der Waals surface area contributed by atoms with Crippen molar-refractivity contribution in [3.05, 3.63) is 34.9 Å².